The molecule has 0 unspecified atom stereocenters. The number of aromatic nitrogens is 1. The van der Waals surface area contributed by atoms with Gasteiger partial charge in [-0.25, -0.2) is 4.79 Å². The van der Waals surface area contributed by atoms with E-state index < -0.39 is 16.8 Å². The monoisotopic (exact) mass is 458 g/mol. The van der Waals surface area contributed by atoms with Gasteiger partial charge in [0, 0.05) is 18.2 Å². The predicted octanol–water partition coefficient (Wildman–Crippen LogP) is 4.27. The maximum atomic E-state index is 13.3. The lowest BCUT2D eigenvalue weighted by Gasteiger charge is -2.18. The van der Waals surface area contributed by atoms with E-state index in [2.05, 4.69) is 10.3 Å². The number of carbonyl (C=O) groups is 2. The van der Waals surface area contributed by atoms with Crippen molar-refractivity contribution >= 4 is 17.6 Å². The molecule has 0 fully saturated rings. The number of hydrogen-bond donors (Lipinski definition) is 1. The second kappa shape index (κ2) is 10.8. The summed E-state index contributed by atoms with van der Waals surface area (Å²) in [5, 5.41) is 23.4. The number of nitro groups is 1. The largest absolute Gasteiger partial charge is 0.461 e. The maximum Gasteiger partial charge on any atom is 0.340 e. The minimum absolute atomic E-state index is 0.0185. The summed E-state index contributed by atoms with van der Waals surface area (Å²) in [5.74, 6) is -1.35. The first-order chi connectivity index (χ1) is 16.3. The van der Waals surface area contributed by atoms with Crippen LogP contribution in [-0.4, -0.2) is 28.4 Å². The molecule has 34 heavy (non-hydrogen) atoms. The van der Waals surface area contributed by atoms with Crippen molar-refractivity contribution in [1.82, 2.24) is 10.3 Å². The number of nitriles is 1. The Morgan fingerprint density at radius 3 is 2.38 bits per heavy atom. The second-order valence-corrected chi connectivity index (χ2v) is 7.39. The summed E-state index contributed by atoms with van der Waals surface area (Å²) < 4.78 is 5.21. The number of nitrogens with zero attached hydrogens (tertiary/aromatic N) is 3. The number of nitrogens with one attached hydrogen (secondary N) is 1. The van der Waals surface area contributed by atoms with Crippen LogP contribution in [0.5, 0.6) is 0 Å². The predicted molar refractivity (Wildman–Crippen MR) is 124 cm³/mol. The normalized spacial score (nSPS) is 10.3. The quantitative estimate of drug-likeness (QED) is 0.230. The molecule has 9 heteroatoms. The van der Waals surface area contributed by atoms with E-state index in [0.717, 1.165) is 5.56 Å². The van der Waals surface area contributed by atoms with Gasteiger partial charge in [0.05, 0.1) is 45.5 Å². The average Bonchev–Trinajstić information content (AvgIpc) is 2.82. The van der Waals surface area contributed by atoms with E-state index in [1.165, 1.54) is 18.2 Å². The van der Waals surface area contributed by atoms with Gasteiger partial charge in [-0.3, -0.25) is 19.9 Å². The van der Waals surface area contributed by atoms with Crippen LogP contribution in [0.1, 0.15) is 44.1 Å². The van der Waals surface area contributed by atoms with Gasteiger partial charge < -0.3 is 10.1 Å². The molecule has 0 aliphatic carbocycles. The zero-order valence-corrected chi connectivity index (χ0v) is 18.7. The molecule has 0 bridgehead atoms. The molecule has 1 heterocycles. The van der Waals surface area contributed by atoms with E-state index in [4.69, 9.17) is 10.00 Å². The number of pyridine rings is 1. The highest BCUT2D eigenvalue weighted by Crippen LogP contribution is 2.37. The van der Waals surface area contributed by atoms with Gasteiger partial charge in [-0.05, 0) is 25.5 Å². The summed E-state index contributed by atoms with van der Waals surface area (Å²) in [6.07, 6.45) is -0.0185. The highest BCUT2D eigenvalue weighted by molar-refractivity contribution is 6.09. The molecular weight excluding hydrogens is 436 g/mol. The zero-order valence-electron chi connectivity index (χ0n) is 18.7. The Hall–Kier alpha value is -4.58. The summed E-state index contributed by atoms with van der Waals surface area (Å²) >= 11 is 0. The van der Waals surface area contributed by atoms with Crippen molar-refractivity contribution < 1.29 is 19.2 Å². The van der Waals surface area contributed by atoms with Crippen LogP contribution in [0.15, 0.2) is 54.6 Å². The van der Waals surface area contributed by atoms with Crippen LogP contribution in [0, 0.1) is 35.3 Å². The molecule has 172 valence electrons. The molecule has 0 aliphatic rings. The number of nitro benzene ring substituents is 1. The highest BCUT2D eigenvalue weighted by Gasteiger charge is 2.30. The summed E-state index contributed by atoms with van der Waals surface area (Å²) in [6.45, 7) is 3.23. The Labute approximate surface area is 196 Å². The van der Waals surface area contributed by atoms with Crippen LogP contribution in [0.3, 0.4) is 0 Å². The Balaban J connectivity index is 2.19. The van der Waals surface area contributed by atoms with Gasteiger partial charge in [-0.2, -0.15) is 5.26 Å². The van der Waals surface area contributed by atoms with Crippen LogP contribution >= 0.6 is 0 Å². The van der Waals surface area contributed by atoms with Gasteiger partial charge in [0.2, 0.25) is 0 Å². The third-order valence-corrected chi connectivity index (χ3v) is 5.10. The highest BCUT2D eigenvalue weighted by atomic mass is 16.6. The molecule has 3 rings (SSSR count). The minimum atomic E-state index is -0.814. The number of amides is 1. The Morgan fingerprint density at radius 1 is 1.06 bits per heavy atom. The fourth-order valence-electron chi connectivity index (χ4n) is 3.62. The molecule has 2 aromatic carbocycles. The lowest BCUT2D eigenvalue weighted by molar-refractivity contribution is -0.384. The van der Waals surface area contributed by atoms with Crippen molar-refractivity contribution in [3.05, 3.63) is 92.8 Å². The lowest BCUT2D eigenvalue weighted by atomic mass is 9.91. The van der Waals surface area contributed by atoms with Crippen molar-refractivity contribution in [1.29, 1.82) is 5.26 Å². The zero-order chi connectivity index (χ0) is 24.7. The van der Waals surface area contributed by atoms with Crippen LogP contribution in [0.25, 0.3) is 11.1 Å². The standard InChI is InChI=1S/C25H22N4O5/c1-16-21(24(30)27-15-18-9-4-3-5-10-18)23(19-11-6-7-12-20(19)29(32)33)22(17(2)28-16)25(31)34-14-8-13-26/h3-7,9-12H,8,14-15H2,1-2H3,(H,27,30). The summed E-state index contributed by atoms with van der Waals surface area (Å²) in [5.41, 5.74) is 1.32. The molecule has 0 spiro atoms. The SMILES string of the molecule is Cc1nc(C)c(C(=O)OCCC#N)c(-c2ccccc2[N+](=O)[O-])c1C(=O)NCc1ccccc1. The topological polar surface area (TPSA) is 135 Å². The first-order valence-electron chi connectivity index (χ1n) is 10.5. The molecule has 9 nitrogen and oxygen atoms in total. The van der Waals surface area contributed by atoms with Gasteiger partial charge in [0.1, 0.15) is 6.61 Å². The average molecular weight is 458 g/mol. The Bertz CT molecular complexity index is 1280. The number of aryl methyl sites for hydroxylation is 2. The minimum Gasteiger partial charge on any atom is -0.461 e. The molecule has 0 atom stereocenters. The Morgan fingerprint density at radius 2 is 1.71 bits per heavy atom. The molecule has 0 saturated heterocycles. The van der Waals surface area contributed by atoms with Crippen molar-refractivity contribution in [2.24, 2.45) is 0 Å². The van der Waals surface area contributed by atoms with Crippen LogP contribution in [0.2, 0.25) is 0 Å². The van der Waals surface area contributed by atoms with Crippen LogP contribution < -0.4 is 5.32 Å². The van der Waals surface area contributed by atoms with Gasteiger partial charge in [0.15, 0.2) is 0 Å². The maximum absolute atomic E-state index is 13.3. The van der Waals surface area contributed by atoms with Gasteiger partial charge in [-0.1, -0.05) is 42.5 Å². The van der Waals surface area contributed by atoms with Gasteiger partial charge in [-0.15, -0.1) is 0 Å². The summed E-state index contributed by atoms with van der Waals surface area (Å²) in [4.78, 5) is 41.9. The third kappa shape index (κ3) is 5.24. The molecule has 3 aromatic rings. The smallest absolute Gasteiger partial charge is 0.340 e. The number of ether oxygens (including phenoxy) is 1. The molecule has 1 N–H and O–H groups in total. The molecule has 0 saturated carbocycles. The van der Waals surface area contributed by atoms with E-state index in [1.54, 1.807) is 19.9 Å². The van der Waals surface area contributed by atoms with Gasteiger partial charge >= 0.3 is 5.97 Å². The second-order valence-electron chi connectivity index (χ2n) is 7.39. The number of para-hydroxylation sites is 1. The third-order valence-electron chi connectivity index (χ3n) is 5.10. The lowest BCUT2D eigenvalue weighted by Crippen LogP contribution is -2.26. The summed E-state index contributed by atoms with van der Waals surface area (Å²) in [6, 6.07) is 17.0. The van der Waals surface area contributed by atoms with Crippen LogP contribution in [0.4, 0.5) is 5.69 Å². The molecule has 0 aliphatic heterocycles. The first-order valence-corrected chi connectivity index (χ1v) is 10.5. The fraction of sp³-hybridized carbons (Fsp3) is 0.200. The van der Waals surface area contributed by atoms with Crippen molar-refractivity contribution in [2.45, 2.75) is 26.8 Å². The van der Waals surface area contributed by atoms with Crippen molar-refractivity contribution in [2.75, 3.05) is 6.61 Å². The Kier molecular flexibility index (Phi) is 7.67. The van der Waals surface area contributed by atoms with E-state index in [-0.39, 0.29) is 53.2 Å². The number of rotatable bonds is 8. The number of hydrogen-bond acceptors (Lipinski definition) is 7. The van der Waals surface area contributed by atoms with Crippen molar-refractivity contribution in [3.8, 4) is 17.2 Å². The van der Waals surface area contributed by atoms with E-state index in [0.29, 0.717) is 5.69 Å². The molecule has 1 aromatic heterocycles. The molecule has 1 amide bonds. The van der Waals surface area contributed by atoms with E-state index in [9.17, 15) is 19.7 Å². The summed E-state index contributed by atoms with van der Waals surface area (Å²) in [7, 11) is 0. The van der Waals surface area contributed by atoms with Gasteiger partial charge in [0.25, 0.3) is 11.6 Å². The van der Waals surface area contributed by atoms with E-state index in [1.807, 2.05) is 36.4 Å². The molecule has 0 radical (unpaired) electrons. The number of benzene rings is 2. The van der Waals surface area contributed by atoms with Crippen LogP contribution in [-0.2, 0) is 11.3 Å². The molecular formula is C25H22N4O5. The fourth-order valence-corrected chi connectivity index (χ4v) is 3.62. The number of esters is 1. The number of carbonyl (C=O) groups excluding carboxylic acids is 2. The first kappa shape index (κ1) is 24.1. The van der Waals surface area contributed by atoms with Crippen molar-refractivity contribution in [3.63, 3.8) is 0 Å². The van der Waals surface area contributed by atoms with E-state index >= 15 is 0 Å².